The van der Waals surface area contributed by atoms with Gasteiger partial charge < -0.3 is 5.32 Å². The van der Waals surface area contributed by atoms with Crippen LogP contribution in [-0.2, 0) is 22.6 Å². The maximum atomic E-state index is 12.1. The first-order chi connectivity index (χ1) is 8.68. The summed E-state index contributed by atoms with van der Waals surface area (Å²) in [6, 6.07) is 5.89. The number of hydrogen-bond acceptors (Lipinski definition) is 3. The van der Waals surface area contributed by atoms with E-state index in [9.17, 15) is 9.59 Å². The molecule has 1 atom stereocenters. The van der Waals surface area contributed by atoms with Crippen LogP contribution in [0, 0.1) is 5.92 Å². The third-order valence-electron chi connectivity index (χ3n) is 3.73. The number of anilines is 1. The van der Waals surface area contributed by atoms with Gasteiger partial charge in [0.05, 0.1) is 5.69 Å². The van der Waals surface area contributed by atoms with E-state index in [4.69, 9.17) is 0 Å². The zero-order valence-corrected chi connectivity index (χ0v) is 10.4. The molecule has 94 valence electrons. The minimum atomic E-state index is -0.190. The van der Waals surface area contributed by atoms with Crippen molar-refractivity contribution >= 4 is 17.5 Å². The fourth-order valence-electron chi connectivity index (χ4n) is 2.74. The Balaban J connectivity index is 2.07. The number of fused-ring (bicyclic) bond motifs is 1. The number of carbonyl (C=O) groups is 2. The standard InChI is InChI=1S/C14H16N2O2/c1-9-7-13(17)16(14(9)18)12-4-2-3-10-5-6-15-8-11(10)12/h2-4,9,15H,5-8H2,1H3. The van der Waals surface area contributed by atoms with Gasteiger partial charge in [0.25, 0.3) is 0 Å². The Morgan fingerprint density at radius 3 is 2.89 bits per heavy atom. The van der Waals surface area contributed by atoms with Gasteiger partial charge in [0.2, 0.25) is 11.8 Å². The summed E-state index contributed by atoms with van der Waals surface area (Å²) in [6.07, 6.45) is 1.28. The van der Waals surface area contributed by atoms with Crippen LogP contribution in [0.1, 0.15) is 24.5 Å². The van der Waals surface area contributed by atoms with E-state index in [2.05, 4.69) is 11.4 Å². The highest BCUT2D eigenvalue weighted by molar-refractivity contribution is 6.21. The fourth-order valence-corrected chi connectivity index (χ4v) is 2.74. The van der Waals surface area contributed by atoms with Crippen LogP contribution in [-0.4, -0.2) is 18.4 Å². The van der Waals surface area contributed by atoms with Gasteiger partial charge in [-0.15, -0.1) is 0 Å². The maximum absolute atomic E-state index is 12.1. The van der Waals surface area contributed by atoms with E-state index in [1.54, 1.807) is 0 Å². The summed E-state index contributed by atoms with van der Waals surface area (Å²) < 4.78 is 0. The number of amides is 2. The number of nitrogens with zero attached hydrogens (tertiary/aromatic N) is 1. The Bertz CT molecular complexity index is 525. The molecule has 4 heteroatoms. The monoisotopic (exact) mass is 244 g/mol. The largest absolute Gasteiger partial charge is 0.312 e. The van der Waals surface area contributed by atoms with Crippen LogP contribution in [0.3, 0.4) is 0 Å². The molecule has 2 amide bonds. The van der Waals surface area contributed by atoms with Crippen molar-refractivity contribution in [3.8, 4) is 0 Å². The van der Waals surface area contributed by atoms with Gasteiger partial charge >= 0.3 is 0 Å². The minimum Gasteiger partial charge on any atom is -0.312 e. The van der Waals surface area contributed by atoms with Crippen LogP contribution in [0.15, 0.2) is 18.2 Å². The SMILES string of the molecule is CC1CC(=O)N(c2cccc3c2CNCC3)C1=O. The lowest BCUT2D eigenvalue weighted by Gasteiger charge is -2.24. The first kappa shape index (κ1) is 11.4. The lowest BCUT2D eigenvalue weighted by Crippen LogP contribution is -2.33. The van der Waals surface area contributed by atoms with Gasteiger partial charge in [0.1, 0.15) is 0 Å². The van der Waals surface area contributed by atoms with Crippen LogP contribution in [0.25, 0.3) is 0 Å². The molecule has 0 saturated carbocycles. The third kappa shape index (κ3) is 1.64. The molecule has 4 nitrogen and oxygen atoms in total. The Hall–Kier alpha value is -1.68. The molecule has 2 heterocycles. The molecule has 3 rings (SSSR count). The molecule has 0 radical (unpaired) electrons. The van der Waals surface area contributed by atoms with E-state index in [0.29, 0.717) is 6.42 Å². The molecule has 0 spiro atoms. The second-order valence-electron chi connectivity index (χ2n) is 5.01. The van der Waals surface area contributed by atoms with Crippen LogP contribution in [0.2, 0.25) is 0 Å². The molecule has 2 aliphatic rings. The second-order valence-corrected chi connectivity index (χ2v) is 5.01. The first-order valence-electron chi connectivity index (χ1n) is 6.37. The zero-order valence-electron chi connectivity index (χ0n) is 10.4. The van der Waals surface area contributed by atoms with Gasteiger partial charge in [-0.3, -0.25) is 9.59 Å². The van der Waals surface area contributed by atoms with Crippen molar-refractivity contribution in [1.29, 1.82) is 0 Å². The molecule has 0 aliphatic carbocycles. The van der Waals surface area contributed by atoms with Gasteiger partial charge in [-0.25, -0.2) is 4.90 Å². The van der Waals surface area contributed by atoms with E-state index in [0.717, 1.165) is 30.8 Å². The van der Waals surface area contributed by atoms with Crippen molar-refractivity contribution in [3.05, 3.63) is 29.3 Å². The molecule has 1 aromatic carbocycles. The smallest absolute Gasteiger partial charge is 0.237 e. The number of hydrogen-bond donors (Lipinski definition) is 1. The van der Waals surface area contributed by atoms with Crippen molar-refractivity contribution in [2.24, 2.45) is 5.92 Å². The van der Waals surface area contributed by atoms with Crippen LogP contribution >= 0.6 is 0 Å². The van der Waals surface area contributed by atoms with E-state index in [1.165, 1.54) is 10.5 Å². The molecular formula is C14H16N2O2. The number of benzene rings is 1. The normalized spacial score (nSPS) is 23.4. The van der Waals surface area contributed by atoms with Crippen molar-refractivity contribution in [2.45, 2.75) is 26.3 Å². The van der Waals surface area contributed by atoms with Gasteiger partial charge in [-0.05, 0) is 30.2 Å². The predicted octanol–water partition coefficient (Wildman–Crippen LogP) is 1.23. The number of imide groups is 1. The zero-order chi connectivity index (χ0) is 12.7. The van der Waals surface area contributed by atoms with Crippen molar-refractivity contribution in [2.75, 3.05) is 11.4 Å². The average molecular weight is 244 g/mol. The number of nitrogens with one attached hydrogen (secondary N) is 1. The second kappa shape index (κ2) is 4.21. The topological polar surface area (TPSA) is 49.4 Å². The summed E-state index contributed by atoms with van der Waals surface area (Å²) in [5.41, 5.74) is 3.12. The molecule has 1 unspecified atom stereocenters. The lowest BCUT2D eigenvalue weighted by molar-refractivity contribution is -0.122. The molecule has 0 aromatic heterocycles. The van der Waals surface area contributed by atoms with Crippen molar-refractivity contribution in [1.82, 2.24) is 5.32 Å². The highest BCUT2D eigenvalue weighted by Crippen LogP contribution is 2.31. The first-order valence-corrected chi connectivity index (χ1v) is 6.37. The Morgan fingerprint density at radius 2 is 2.17 bits per heavy atom. The molecule has 18 heavy (non-hydrogen) atoms. The molecule has 0 bridgehead atoms. The van der Waals surface area contributed by atoms with Gasteiger partial charge in [0, 0.05) is 18.9 Å². The molecule has 1 aromatic rings. The minimum absolute atomic E-state index is 0.0704. The average Bonchev–Trinajstić information content (AvgIpc) is 2.63. The number of carbonyl (C=O) groups excluding carboxylic acids is 2. The fraction of sp³-hybridized carbons (Fsp3) is 0.429. The highest BCUT2D eigenvalue weighted by atomic mass is 16.2. The summed E-state index contributed by atoms with van der Waals surface area (Å²) in [7, 11) is 0. The lowest BCUT2D eigenvalue weighted by atomic mass is 9.98. The Kier molecular flexibility index (Phi) is 2.67. The quantitative estimate of drug-likeness (QED) is 0.756. The molecule has 1 fully saturated rings. The summed E-state index contributed by atoms with van der Waals surface area (Å²) in [5.74, 6) is -0.338. The highest BCUT2D eigenvalue weighted by Gasteiger charge is 2.37. The predicted molar refractivity (Wildman–Crippen MR) is 68.1 cm³/mol. The third-order valence-corrected chi connectivity index (χ3v) is 3.73. The van der Waals surface area contributed by atoms with Crippen LogP contribution in [0.4, 0.5) is 5.69 Å². The summed E-state index contributed by atoms with van der Waals surface area (Å²) >= 11 is 0. The summed E-state index contributed by atoms with van der Waals surface area (Å²) in [5, 5.41) is 3.30. The van der Waals surface area contributed by atoms with Gasteiger partial charge in [-0.1, -0.05) is 19.1 Å². The molecular weight excluding hydrogens is 228 g/mol. The maximum Gasteiger partial charge on any atom is 0.237 e. The summed E-state index contributed by atoms with van der Waals surface area (Å²) in [6.45, 7) is 3.50. The van der Waals surface area contributed by atoms with E-state index >= 15 is 0 Å². The summed E-state index contributed by atoms with van der Waals surface area (Å²) in [4.78, 5) is 25.4. The van der Waals surface area contributed by atoms with Crippen molar-refractivity contribution in [3.63, 3.8) is 0 Å². The van der Waals surface area contributed by atoms with Crippen LogP contribution < -0.4 is 10.2 Å². The van der Waals surface area contributed by atoms with Crippen LogP contribution in [0.5, 0.6) is 0 Å². The van der Waals surface area contributed by atoms with Crippen molar-refractivity contribution < 1.29 is 9.59 Å². The number of rotatable bonds is 1. The van der Waals surface area contributed by atoms with Gasteiger partial charge in [-0.2, -0.15) is 0 Å². The molecule has 1 N–H and O–H groups in total. The Labute approximate surface area is 106 Å². The van der Waals surface area contributed by atoms with E-state index < -0.39 is 0 Å². The van der Waals surface area contributed by atoms with E-state index in [1.807, 2.05) is 19.1 Å². The van der Waals surface area contributed by atoms with E-state index in [-0.39, 0.29) is 17.7 Å². The Morgan fingerprint density at radius 1 is 1.33 bits per heavy atom. The molecule has 2 aliphatic heterocycles. The van der Waals surface area contributed by atoms with Gasteiger partial charge in [0.15, 0.2) is 0 Å². The molecule has 1 saturated heterocycles.